The molecule has 20 N–H and O–H groups in total. The Hall–Kier alpha value is -6.15. The first-order chi connectivity index (χ1) is 40.0. The van der Waals surface area contributed by atoms with Crippen LogP contribution in [0.25, 0.3) is 0 Å². The molecule has 0 bridgehead atoms. The molecule has 3 fully saturated rings. The fraction of sp³-hybridized carbons (Fsp3) is 0.732. The molecular formula is C56H96N10O19. The van der Waals surface area contributed by atoms with Gasteiger partial charge in [-0.25, -0.2) is 0 Å². The van der Waals surface area contributed by atoms with Gasteiger partial charge in [0.15, 0.2) is 0 Å². The molecule has 85 heavy (non-hydrogen) atoms. The number of carboxylic acid groups (broad SMARTS) is 2. The number of aromatic hydroxyl groups is 1. The predicted molar refractivity (Wildman–Crippen MR) is 299 cm³/mol. The summed E-state index contributed by atoms with van der Waals surface area (Å²) in [4.78, 5) is 120. The molecule has 484 valence electrons. The number of quaternary nitrogens is 2. The number of carbonyl (C=O) groups is 9. The van der Waals surface area contributed by atoms with Crippen LogP contribution in [0.2, 0.25) is 0 Å². The number of amides is 7. The third-order valence-corrected chi connectivity index (χ3v) is 15.0. The molecule has 1 aromatic rings. The van der Waals surface area contributed by atoms with E-state index in [2.05, 4.69) is 64.1 Å². The number of aliphatic hydroxyl groups excluding tert-OH is 7. The molecule has 0 aromatic heterocycles. The summed E-state index contributed by atoms with van der Waals surface area (Å²) in [5.41, 5.74) is 7.46. The zero-order valence-electron chi connectivity index (χ0n) is 49.9. The molecule has 3 saturated heterocycles. The smallest absolute Gasteiger partial charge is 0.248 e. The van der Waals surface area contributed by atoms with Gasteiger partial charge in [-0.3, -0.25) is 38.9 Å². The van der Waals surface area contributed by atoms with Crippen molar-refractivity contribution in [2.24, 2.45) is 11.8 Å². The fourth-order valence-corrected chi connectivity index (χ4v) is 10.3. The number of nitrogens with zero attached hydrogens (tertiary/aromatic N) is 2. The van der Waals surface area contributed by atoms with Crippen molar-refractivity contribution in [2.45, 2.75) is 217 Å². The Labute approximate surface area is 496 Å². The number of benzene rings is 1. The second kappa shape index (κ2) is 38.1. The minimum Gasteiger partial charge on any atom is -0.550 e. The Morgan fingerprint density at radius 2 is 1.26 bits per heavy atom. The zero-order chi connectivity index (χ0) is 64.2. The summed E-state index contributed by atoms with van der Waals surface area (Å²) < 4.78 is 0. The number of phenols is 1. The number of aliphatic carboxylic acids is 2. The quantitative estimate of drug-likeness (QED) is 0.0453. The lowest BCUT2D eigenvalue weighted by atomic mass is 9.91. The minimum absolute atomic E-state index is 0.0140. The summed E-state index contributed by atoms with van der Waals surface area (Å²) >= 11 is 0. The number of aliphatic hydroxyl groups is 7. The van der Waals surface area contributed by atoms with Crippen LogP contribution in [0.15, 0.2) is 24.3 Å². The molecule has 3 aliphatic rings. The molecule has 29 heteroatoms. The van der Waals surface area contributed by atoms with Gasteiger partial charge in [0, 0.05) is 57.3 Å². The van der Waals surface area contributed by atoms with Crippen LogP contribution in [0.4, 0.5) is 0 Å². The van der Waals surface area contributed by atoms with Crippen LogP contribution in [-0.4, -0.2) is 216 Å². The largest absolute Gasteiger partial charge is 0.550 e. The lowest BCUT2D eigenvalue weighted by Gasteiger charge is -2.35. The van der Waals surface area contributed by atoms with Gasteiger partial charge in [0.05, 0.1) is 43.6 Å². The number of hydrogen-bond donors (Lipinski definition) is 16. The first-order valence-electron chi connectivity index (χ1n) is 29.3. The monoisotopic (exact) mass is 1210 g/mol. The maximum Gasteiger partial charge on any atom is 0.248 e. The van der Waals surface area contributed by atoms with Crippen LogP contribution in [0.5, 0.6) is 5.75 Å². The van der Waals surface area contributed by atoms with Crippen molar-refractivity contribution in [3.8, 4) is 5.75 Å². The molecule has 0 saturated carbocycles. The SMILES string of the molecule is CC(=O)[O-].CC(=O)[O-].CC[C@@H](C)C[C@@H](C)CCCCCCCCC(=O)N[C@@H]1C[C@H](O)[C@H](NCC[NH3+])NC(=O)[C@H]2[C@H](O)CCN2C(=O)[C@@H]([C@@H](O)CC[NH3+])NC(=O)[C@@H]([C@@H](O)[C@H](O)c2ccc(O)cc2)NC(=O)[C@H]2C[C@H](O)CN2C(=O)[C@@H]([C@H](C)O)NC1=O. The van der Waals surface area contributed by atoms with Crippen LogP contribution in [-0.2, 0) is 43.2 Å². The van der Waals surface area contributed by atoms with E-state index in [1.165, 1.54) is 37.6 Å². The summed E-state index contributed by atoms with van der Waals surface area (Å²) in [7, 11) is 0. The number of unbranched alkanes of at least 4 members (excludes halogenated alkanes) is 5. The highest BCUT2D eigenvalue weighted by Crippen LogP contribution is 2.27. The molecule has 4 rings (SSSR count). The third-order valence-electron chi connectivity index (χ3n) is 15.0. The number of carboxylic acids is 2. The van der Waals surface area contributed by atoms with Gasteiger partial charge < -0.3 is 109 Å². The molecule has 29 nitrogen and oxygen atoms in total. The van der Waals surface area contributed by atoms with Crippen molar-refractivity contribution in [1.29, 1.82) is 0 Å². The van der Waals surface area contributed by atoms with Gasteiger partial charge in [0.2, 0.25) is 41.4 Å². The summed E-state index contributed by atoms with van der Waals surface area (Å²) in [6.07, 6.45) is -6.47. The normalized spacial score (nSPS) is 26.5. The van der Waals surface area contributed by atoms with Gasteiger partial charge in [-0.15, -0.1) is 0 Å². The third kappa shape index (κ3) is 25.4. The van der Waals surface area contributed by atoms with Crippen LogP contribution < -0.4 is 53.6 Å². The van der Waals surface area contributed by atoms with Gasteiger partial charge in [-0.1, -0.05) is 77.8 Å². The van der Waals surface area contributed by atoms with Crippen LogP contribution >= 0.6 is 0 Å². The van der Waals surface area contributed by atoms with E-state index in [1.807, 2.05) is 0 Å². The Balaban J connectivity index is 0.00000289. The molecular weight excluding hydrogens is 1120 g/mol. The Bertz CT molecular complexity index is 2270. The lowest BCUT2D eigenvalue weighted by Crippen LogP contribution is -2.65. The van der Waals surface area contributed by atoms with Gasteiger partial charge >= 0.3 is 0 Å². The van der Waals surface area contributed by atoms with E-state index >= 15 is 0 Å². The Morgan fingerprint density at radius 1 is 0.694 bits per heavy atom. The van der Waals surface area contributed by atoms with Gasteiger partial charge in [-0.2, -0.15) is 0 Å². The summed E-state index contributed by atoms with van der Waals surface area (Å²) in [6, 6.07) is -6.21. The minimum atomic E-state index is -2.26. The standard InChI is InChI=1S/C52H88N10O15.2C2H4O2/c1-5-28(2)24-29(3)12-10-8-6-7-9-11-13-39(69)56-34-26-38(68)46(55-22-21-54)60-50(75)43-37(67)19-23-61(43)52(77)41(36(66)18-20-53)58-49(74)42(45(71)44(70)31-14-16-32(64)17-15-31)59-48(73)35-25-33(65)27-62(35)51(76)40(30(4)63)57-47(34)72;2*1-2(3)4/h14-17,28-30,33-38,40-46,55,63-68,70-71H,5-13,18-27,53-54H2,1-4H3,(H,56,69)(H,57,72)(H,58,74)(H,59,73)(H,60,75);2*1H3,(H,3,4)/t28-,29+,30+,33+,34-,35-,36+,37-,38+,40-,41-,42-,43-,44-,45-,46-;;/m1../s1. The molecule has 0 spiro atoms. The highest BCUT2D eigenvalue weighted by molar-refractivity contribution is 5.98. The van der Waals surface area contributed by atoms with Gasteiger partial charge in [-0.05, 0) is 69.6 Å². The van der Waals surface area contributed by atoms with Crippen molar-refractivity contribution < 1.29 is 106 Å². The average Bonchev–Trinajstić information content (AvgIpc) is 2.52. The highest BCUT2D eigenvalue weighted by Gasteiger charge is 2.49. The van der Waals surface area contributed by atoms with E-state index in [9.17, 15) is 74.4 Å². The lowest BCUT2D eigenvalue weighted by molar-refractivity contribution is -0.371. The van der Waals surface area contributed by atoms with Crippen molar-refractivity contribution in [1.82, 2.24) is 41.7 Å². The molecule has 0 aliphatic carbocycles. The molecule has 3 aliphatic heterocycles. The highest BCUT2D eigenvalue weighted by atomic mass is 16.4. The van der Waals surface area contributed by atoms with Gasteiger partial charge in [0.25, 0.3) is 0 Å². The Kier molecular flexibility index (Phi) is 33.6. The maximum atomic E-state index is 14.6. The van der Waals surface area contributed by atoms with Gasteiger partial charge in [0.1, 0.15) is 60.4 Å². The maximum absolute atomic E-state index is 14.6. The van der Waals surface area contributed by atoms with Crippen LogP contribution in [0.3, 0.4) is 0 Å². The number of rotatable bonds is 23. The number of fused-ring (bicyclic) bond motifs is 2. The van der Waals surface area contributed by atoms with E-state index in [4.69, 9.17) is 19.8 Å². The molecule has 1 aromatic carbocycles. The topological polar surface area (TPSA) is 496 Å². The molecule has 0 unspecified atom stereocenters. The number of nitrogens with one attached hydrogen (secondary N) is 6. The predicted octanol–water partition coefficient (Wildman–Crippen LogP) is -7.23. The van der Waals surface area contributed by atoms with E-state index in [1.54, 1.807) is 0 Å². The first-order valence-corrected chi connectivity index (χ1v) is 29.3. The van der Waals surface area contributed by atoms with Crippen molar-refractivity contribution in [3.63, 3.8) is 0 Å². The molecule has 16 atom stereocenters. The zero-order valence-corrected chi connectivity index (χ0v) is 49.9. The summed E-state index contributed by atoms with van der Waals surface area (Å²) in [5, 5.41) is 123. The second-order valence-electron chi connectivity index (χ2n) is 22.4. The molecule has 0 radical (unpaired) electrons. The number of phenolic OH excluding ortho intramolecular Hbond substituents is 1. The van der Waals surface area contributed by atoms with E-state index < -0.39 is 158 Å². The van der Waals surface area contributed by atoms with E-state index in [0.29, 0.717) is 18.3 Å². The van der Waals surface area contributed by atoms with E-state index in [0.717, 1.165) is 68.6 Å². The van der Waals surface area contributed by atoms with Crippen LogP contribution in [0, 0.1) is 11.8 Å². The summed E-state index contributed by atoms with van der Waals surface area (Å²) in [6.45, 7) is 9.36. The molecule has 7 amide bonds. The first kappa shape index (κ1) is 74.9. The van der Waals surface area contributed by atoms with Crippen molar-refractivity contribution in [3.05, 3.63) is 29.8 Å². The fourth-order valence-electron chi connectivity index (χ4n) is 10.3. The van der Waals surface area contributed by atoms with E-state index in [-0.39, 0.29) is 56.8 Å². The number of carbonyl (C=O) groups excluding carboxylic acids is 9. The average molecular weight is 1210 g/mol. The number of hydrogen-bond acceptors (Lipinski definition) is 20. The van der Waals surface area contributed by atoms with Crippen molar-refractivity contribution >= 4 is 53.3 Å². The Morgan fingerprint density at radius 3 is 1.84 bits per heavy atom. The van der Waals surface area contributed by atoms with Crippen molar-refractivity contribution in [2.75, 3.05) is 32.7 Å². The second-order valence-corrected chi connectivity index (χ2v) is 22.4. The molecule has 3 heterocycles. The summed E-state index contributed by atoms with van der Waals surface area (Å²) in [5.74, 6) is -8.43. The van der Waals surface area contributed by atoms with Crippen LogP contribution in [0.1, 0.15) is 143 Å².